The molecule has 2 aliphatic rings. The first kappa shape index (κ1) is 23.3. The quantitative estimate of drug-likeness (QED) is 0.657. The summed E-state index contributed by atoms with van der Waals surface area (Å²) in [5.41, 5.74) is 2.44. The third-order valence-corrected chi connectivity index (χ3v) is 8.78. The van der Waals surface area contributed by atoms with Crippen molar-refractivity contribution in [3.05, 3.63) is 65.7 Å². The molecule has 1 saturated carbocycles. The van der Waals surface area contributed by atoms with Crippen molar-refractivity contribution in [2.24, 2.45) is 0 Å². The highest BCUT2D eigenvalue weighted by molar-refractivity contribution is 7.89. The van der Waals surface area contributed by atoms with Crippen molar-refractivity contribution < 1.29 is 8.42 Å². The zero-order valence-corrected chi connectivity index (χ0v) is 19.5. The Kier molecular flexibility index (Phi) is 7.61. The van der Waals surface area contributed by atoms with E-state index in [9.17, 15) is 8.42 Å². The smallest absolute Gasteiger partial charge is 0.243 e. The van der Waals surface area contributed by atoms with Crippen LogP contribution < -0.4 is 0 Å². The van der Waals surface area contributed by atoms with Crippen LogP contribution in [0.15, 0.2) is 59.5 Å². The lowest BCUT2D eigenvalue weighted by atomic mass is 9.89. The fourth-order valence-corrected chi connectivity index (χ4v) is 6.56. The average molecular weight is 449 g/mol. The van der Waals surface area contributed by atoms with Gasteiger partial charge in [-0.05, 0) is 81.3 Å². The Morgan fingerprint density at radius 3 is 2.30 bits per heavy atom. The molecule has 0 amide bonds. The van der Waals surface area contributed by atoms with Gasteiger partial charge in [0.1, 0.15) is 0 Å². The first-order valence-corrected chi connectivity index (χ1v) is 12.2. The maximum atomic E-state index is 13.1. The minimum absolute atomic E-state index is 0. The summed E-state index contributed by atoms with van der Waals surface area (Å²) < 4.78 is 27.8. The van der Waals surface area contributed by atoms with Crippen LogP contribution in [0.5, 0.6) is 0 Å². The van der Waals surface area contributed by atoms with E-state index in [0.29, 0.717) is 16.9 Å². The molecule has 1 saturated heterocycles. The second-order valence-electron chi connectivity index (χ2n) is 8.68. The molecule has 0 spiro atoms. The molecule has 164 valence electrons. The predicted octanol–water partition coefficient (Wildman–Crippen LogP) is 4.84. The van der Waals surface area contributed by atoms with Gasteiger partial charge in [-0.3, -0.25) is 0 Å². The molecular formula is C24H33ClN2O2S. The second kappa shape index (κ2) is 9.82. The van der Waals surface area contributed by atoms with Crippen LogP contribution >= 0.6 is 12.4 Å². The number of nitrogens with zero attached hydrogens (tertiary/aromatic N) is 2. The monoisotopic (exact) mass is 448 g/mol. The molecule has 2 aromatic carbocycles. The van der Waals surface area contributed by atoms with Crippen LogP contribution in [-0.2, 0) is 10.0 Å². The van der Waals surface area contributed by atoms with Gasteiger partial charge >= 0.3 is 0 Å². The first-order chi connectivity index (χ1) is 13.9. The molecule has 2 aromatic rings. The van der Waals surface area contributed by atoms with Gasteiger partial charge in [-0.1, -0.05) is 42.5 Å². The van der Waals surface area contributed by atoms with Crippen molar-refractivity contribution in [3.63, 3.8) is 0 Å². The second-order valence-corrected chi connectivity index (χ2v) is 10.7. The minimum Gasteiger partial charge on any atom is -0.300 e. The molecule has 2 atom stereocenters. The molecule has 0 N–H and O–H groups in total. The number of benzene rings is 2. The Morgan fingerprint density at radius 2 is 1.63 bits per heavy atom. The largest absolute Gasteiger partial charge is 0.300 e. The van der Waals surface area contributed by atoms with Gasteiger partial charge in [-0.25, -0.2) is 8.42 Å². The molecule has 30 heavy (non-hydrogen) atoms. The molecule has 0 bridgehead atoms. The zero-order chi connectivity index (χ0) is 20.4. The normalized spacial score (nSPS) is 23.4. The van der Waals surface area contributed by atoms with Crippen molar-refractivity contribution in [2.45, 2.75) is 61.9 Å². The van der Waals surface area contributed by atoms with E-state index in [0.717, 1.165) is 37.9 Å². The van der Waals surface area contributed by atoms with Crippen molar-refractivity contribution in [1.29, 1.82) is 0 Å². The molecule has 0 radical (unpaired) electrons. The number of aryl methyl sites for hydroxylation is 1. The Labute approximate surface area is 187 Å². The van der Waals surface area contributed by atoms with E-state index in [-0.39, 0.29) is 18.4 Å². The van der Waals surface area contributed by atoms with Gasteiger partial charge in [-0.2, -0.15) is 4.31 Å². The van der Waals surface area contributed by atoms with Crippen LogP contribution in [0.3, 0.4) is 0 Å². The van der Waals surface area contributed by atoms with Crippen LogP contribution in [0.4, 0.5) is 0 Å². The molecule has 0 unspecified atom stereocenters. The van der Waals surface area contributed by atoms with Gasteiger partial charge in [0.2, 0.25) is 10.0 Å². The van der Waals surface area contributed by atoms with Crippen molar-refractivity contribution in [1.82, 2.24) is 9.21 Å². The number of halogens is 1. The highest BCUT2D eigenvalue weighted by atomic mass is 35.5. The summed E-state index contributed by atoms with van der Waals surface area (Å²) in [5.74, 6) is 0.661. The summed E-state index contributed by atoms with van der Waals surface area (Å²) in [4.78, 5) is 3.01. The SMILES string of the molecule is Cc1cccc(S(=O)(=O)N(C)[C@@H]2CC[C@H](N3CCC(c4ccccc4)CC3)C2)c1.Cl. The van der Waals surface area contributed by atoms with Crippen LogP contribution in [0.2, 0.25) is 0 Å². The molecule has 1 aliphatic carbocycles. The topological polar surface area (TPSA) is 40.6 Å². The first-order valence-electron chi connectivity index (χ1n) is 10.8. The lowest BCUT2D eigenvalue weighted by Gasteiger charge is -2.36. The fourth-order valence-electron chi connectivity index (χ4n) is 5.06. The number of sulfonamides is 1. The Bertz CT molecular complexity index is 927. The van der Waals surface area contributed by atoms with Gasteiger partial charge in [0.25, 0.3) is 0 Å². The Balaban J connectivity index is 0.00000256. The Hall–Kier alpha value is -1.40. The number of likely N-dealkylation sites (tertiary alicyclic amines) is 1. The zero-order valence-electron chi connectivity index (χ0n) is 17.9. The lowest BCUT2D eigenvalue weighted by Crippen LogP contribution is -2.41. The summed E-state index contributed by atoms with van der Waals surface area (Å²) in [6.45, 7) is 4.17. The van der Waals surface area contributed by atoms with Crippen LogP contribution in [0.1, 0.15) is 49.1 Å². The van der Waals surface area contributed by atoms with Gasteiger partial charge in [0.15, 0.2) is 0 Å². The molecular weight excluding hydrogens is 416 g/mol. The third kappa shape index (κ3) is 4.91. The summed E-state index contributed by atoms with van der Waals surface area (Å²) in [6, 6.07) is 18.7. The summed E-state index contributed by atoms with van der Waals surface area (Å²) >= 11 is 0. The molecule has 6 heteroatoms. The van der Waals surface area contributed by atoms with Gasteiger partial charge in [0, 0.05) is 19.1 Å². The highest BCUT2D eigenvalue weighted by Crippen LogP contribution is 2.35. The van der Waals surface area contributed by atoms with Gasteiger partial charge in [-0.15, -0.1) is 12.4 Å². The number of hydrogen-bond acceptors (Lipinski definition) is 3. The predicted molar refractivity (Wildman–Crippen MR) is 125 cm³/mol. The standard InChI is InChI=1S/C24H32N2O2S.ClH/c1-19-7-6-10-24(17-19)29(27,28)25(2)22-11-12-23(18-22)26-15-13-21(14-16-26)20-8-4-3-5-9-20;/h3-10,17,21-23H,11-16,18H2,1-2H3;1H/t22-,23+;/m1./s1. The van der Waals surface area contributed by atoms with Gasteiger partial charge in [0.05, 0.1) is 4.90 Å². The van der Waals surface area contributed by atoms with Crippen molar-refractivity contribution in [3.8, 4) is 0 Å². The summed E-state index contributed by atoms with van der Waals surface area (Å²) in [6.07, 6.45) is 5.38. The Morgan fingerprint density at radius 1 is 0.933 bits per heavy atom. The number of hydrogen-bond donors (Lipinski definition) is 0. The summed E-state index contributed by atoms with van der Waals surface area (Å²) in [7, 11) is -1.67. The fraction of sp³-hybridized carbons (Fsp3) is 0.500. The van der Waals surface area contributed by atoms with Crippen LogP contribution in [0.25, 0.3) is 0 Å². The van der Waals surface area contributed by atoms with Crippen LogP contribution in [0, 0.1) is 6.92 Å². The van der Waals surface area contributed by atoms with E-state index in [1.54, 1.807) is 23.5 Å². The van der Waals surface area contributed by atoms with E-state index < -0.39 is 10.0 Å². The van der Waals surface area contributed by atoms with Crippen LogP contribution in [-0.4, -0.2) is 49.8 Å². The van der Waals surface area contributed by atoms with E-state index >= 15 is 0 Å². The molecule has 1 aliphatic heterocycles. The molecule has 4 rings (SSSR count). The van der Waals surface area contributed by atoms with E-state index in [1.165, 1.54) is 18.4 Å². The molecule has 1 heterocycles. The minimum atomic E-state index is -3.43. The van der Waals surface area contributed by atoms with Crippen molar-refractivity contribution in [2.75, 3.05) is 20.1 Å². The molecule has 2 fully saturated rings. The maximum absolute atomic E-state index is 13.1. The van der Waals surface area contributed by atoms with E-state index in [4.69, 9.17) is 0 Å². The van der Waals surface area contributed by atoms with E-state index in [1.807, 2.05) is 19.1 Å². The average Bonchev–Trinajstić information content (AvgIpc) is 3.24. The molecule has 0 aromatic heterocycles. The van der Waals surface area contributed by atoms with Crippen molar-refractivity contribution >= 4 is 22.4 Å². The van der Waals surface area contributed by atoms with Gasteiger partial charge < -0.3 is 4.90 Å². The van der Waals surface area contributed by atoms with E-state index in [2.05, 4.69) is 35.2 Å². The molecule has 4 nitrogen and oxygen atoms in total. The third-order valence-electron chi connectivity index (χ3n) is 6.87. The number of piperidine rings is 1. The lowest BCUT2D eigenvalue weighted by molar-refractivity contribution is 0.150. The number of rotatable bonds is 5. The maximum Gasteiger partial charge on any atom is 0.243 e. The summed E-state index contributed by atoms with van der Waals surface area (Å²) in [5, 5.41) is 0. The highest BCUT2D eigenvalue weighted by Gasteiger charge is 2.37.